The number of carbonyl (C=O) groups excluding carboxylic acids is 1. The second kappa shape index (κ2) is 6.92. The molecule has 0 aromatic heterocycles. The Bertz CT molecular complexity index is 614. The first kappa shape index (κ1) is 15.1. The quantitative estimate of drug-likeness (QED) is 0.383. The summed E-state index contributed by atoms with van der Waals surface area (Å²) in [6.07, 6.45) is 0. The molecule has 0 aliphatic carbocycles. The van der Waals surface area contributed by atoms with E-state index >= 15 is 0 Å². The van der Waals surface area contributed by atoms with Crippen LogP contribution in [0.2, 0.25) is 0 Å². The van der Waals surface area contributed by atoms with E-state index in [0.717, 1.165) is 15.8 Å². The van der Waals surface area contributed by atoms with Crippen molar-refractivity contribution in [3.05, 3.63) is 63.6 Å². The van der Waals surface area contributed by atoms with Crippen molar-refractivity contribution in [1.29, 1.82) is 0 Å². The second-order valence-corrected chi connectivity index (χ2v) is 6.28. The van der Waals surface area contributed by atoms with Gasteiger partial charge in [0.15, 0.2) is 0 Å². The van der Waals surface area contributed by atoms with Gasteiger partial charge in [0, 0.05) is 20.7 Å². The third-order valence-electron chi connectivity index (χ3n) is 2.86. The molecular weight excluding hydrogens is 336 g/mol. The van der Waals surface area contributed by atoms with Crippen molar-refractivity contribution in [1.82, 2.24) is 5.43 Å². The standard InChI is InChI=1S/C15H15BrN2OS/c1-10-2-6-13(7-3-10)20-9-12-5-4-11(8-14(12)16)15(19)18-17/h2-8H,9,17H2,1H3,(H,18,19). The number of aryl methyl sites for hydroxylation is 1. The first-order valence-corrected chi connectivity index (χ1v) is 7.87. The van der Waals surface area contributed by atoms with Crippen LogP contribution in [-0.2, 0) is 5.75 Å². The molecule has 5 heteroatoms. The summed E-state index contributed by atoms with van der Waals surface area (Å²) in [6, 6.07) is 13.9. The molecule has 2 aromatic carbocycles. The summed E-state index contributed by atoms with van der Waals surface area (Å²) in [7, 11) is 0. The average Bonchev–Trinajstić information content (AvgIpc) is 2.46. The zero-order valence-corrected chi connectivity index (χ0v) is 13.4. The van der Waals surface area contributed by atoms with E-state index in [1.807, 2.05) is 6.07 Å². The Balaban J connectivity index is 2.06. The summed E-state index contributed by atoms with van der Waals surface area (Å²) in [5.74, 6) is 5.67. The molecule has 0 heterocycles. The summed E-state index contributed by atoms with van der Waals surface area (Å²) in [5.41, 5.74) is 5.07. The molecule has 0 atom stereocenters. The van der Waals surface area contributed by atoms with Gasteiger partial charge in [-0.25, -0.2) is 5.84 Å². The van der Waals surface area contributed by atoms with Gasteiger partial charge in [-0.2, -0.15) is 0 Å². The van der Waals surface area contributed by atoms with Crippen LogP contribution in [0.3, 0.4) is 0 Å². The Morgan fingerprint density at radius 2 is 1.95 bits per heavy atom. The van der Waals surface area contributed by atoms with E-state index in [1.54, 1.807) is 23.9 Å². The number of hydrazine groups is 1. The van der Waals surface area contributed by atoms with Gasteiger partial charge in [0.1, 0.15) is 0 Å². The lowest BCUT2D eigenvalue weighted by Crippen LogP contribution is -2.29. The molecule has 0 saturated carbocycles. The van der Waals surface area contributed by atoms with Crippen molar-refractivity contribution in [2.24, 2.45) is 5.84 Å². The lowest BCUT2D eigenvalue weighted by atomic mass is 10.1. The number of carbonyl (C=O) groups is 1. The largest absolute Gasteiger partial charge is 0.290 e. The minimum absolute atomic E-state index is 0.288. The average molecular weight is 351 g/mol. The van der Waals surface area contributed by atoms with Crippen LogP contribution < -0.4 is 11.3 Å². The van der Waals surface area contributed by atoms with Crippen LogP contribution in [0.25, 0.3) is 0 Å². The number of thioether (sulfide) groups is 1. The van der Waals surface area contributed by atoms with Crippen LogP contribution in [0.5, 0.6) is 0 Å². The summed E-state index contributed by atoms with van der Waals surface area (Å²) >= 11 is 5.26. The third-order valence-corrected chi connectivity index (χ3v) is 4.66. The topological polar surface area (TPSA) is 55.1 Å². The lowest BCUT2D eigenvalue weighted by molar-refractivity contribution is 0.0953. The zero-order chi connectivity index (χ0) is 14.5. The molecule has 2 aromatic rings. The van der Waals surface area contributed by atoms with Gasteiger partial charge in [-0.3, -0.25) is 10.2 Å². The molecule has 2 rings (SSSR count). The Morgan fingerprint density at radius 3 is 2.55 bits per heavy atom. The van der Waals surface area contributed by atoms with Crippen molar-refractivity contribution in [3.63, 3.8) is 0 Å². The van der Waals surface area contributed by atoms with Crippen molar-refractivity contribution in [3.8, 4) is 0 Å². The van der Waals surface area contributed by atoms with E-state index in [0.29, 0.717) is 5.56 Å². The van der Waals surface area contributed by atoms with Gasteiger partial charge in [-0.1, -0.05) is 39.7 Å². The molecule has 0 unspecified atom stereocenters. The number of nitrogens with two attached hydrogens (primary N) is 1. The maximum absolute atomic E-state index is 11.4. The van der Waals surface area contributed by atoms with Crippen LogP contribution in [0, 0.1) is 6.92 Å². The number of hydrogen-bond acceptors (Lipinski definition) is 3. The molecule has 3 N–H and O–H groups in total. The van der Waals surface area contributed by atoms with Crippen molar-refractivity contribution >= 4 is 33.6 Å². The van der Waals surface area contributed by atoms with E-state index in [2.05, 4.69) is 52.5 Å². The molecule has 104 valence electrons. The number of amides is 1. The summed E-state index contributed by atoms with van der Waals surface area (Å²) in [6.45, 7) is 2.08. The van der Waals surface area contributed by atoms with Crippen LogP contribution >= 0.6 is 27.7 Å². The highest BCUT2D eigenvalue weighted by Gasteiger charge is 2.07. The smallest absolute Gasteiger partial charge is 0.265 e. The Hall–Kier alpha value is -1.30. The Kier molecular flexibility index (Phi) is 5.23. The molecule has 0 bridgehead atoms. The highest BCUT2D eigenvalue weighted by molar-refractivity contribution is 9.10. The molecule has 20 heavy (non-hydrogen) atoms. The molecular formula is C15H15BrN2OS. The number of halogens is 1. The maximum Gasteiger partial charge on any atom is 0.265 e. The fraction of sp³-hybridized carbons (Fsp3) is 0.133. The highest BCUT2D eigenvalue weighted by Crippen LogP contribution is 2.27. The van der Waals surface area contributed by atoms with Crippen LogP contribution in [0.1, 0.15) is 21.5 Å². The normalized spacial score (nSPS) is 10.3. The van der Waals surface area contributed by atoms with Gasteiger partial charge >= 0.3 is 0 Å². The van der Waals surface area contributed by atoms with E-state index in [-0.39, 0.29) is 5.91 Å². The number of hydrogen-bond donors (Lipinski definition) is 2. The molecule has 0 aliphatic heterocycles. The lowest BCUT2D eigenvalue weighted by Gasteiger charge is -2.07. The molecule has 3 nitrogen and oxygen atoms in total. The minimum atomic E-state index is -0.288. The molecule has 0 spiro atoms. The van der Waals surface area contributed by atoms with Crippen molar-refractivity contribution < 1.29 is 4.79 Å². The summed E-state index contributed by atoms with van der Waals surface area (Å²) < 4.78 is 0.915. The fourth-order valence-corrected chi connectivity index (χ4v) is 3.29. The maximum atomic E-state index is 11.4. The molecule has 0 aliphatic rings. The number of rotatable bonds is 4. The first-order valence-electron chi connectivity index (χ1n) is 6.09. The molecule has 1 amide bonds. The van der Waals surface area contributed by atoms with Gasteiger partial charge in [-0.05, 0) is 36.8 Å². The van der Waals surface area contributed by atoms with Crippen LogP contribution in [0.4, 0.5) is 0 Å². The van der Waals surface area contributed by atoms with Gasteiger partial charge in [0.25, 0.3) is 5.91 Å². The summed E-state index contributed by atoms with van der Waals surface area (Å²) in [5, 5.41) is 0. The number of benzene rings is 2. The van der Waals surface area contributed by atoms with Crippen molar-refractivity contribution in [2.75, 3.05) is 0 Å². The summed E-state index contributed by atoms with van der Waals surface area (Å²) in [4.78, 5) is 12.7. The van der Waals surface area contributed by atoms with Gasteiger partial charge in [-0.15, -0.1) is 11.8 Å². The predicted octanol–water partition coefficient (Wildman–Crippen LogP) is 3.65. The Morgan fingerprint density at radius 1 is 1.25 bits per heavy atom. The number of nitrogens with one attached hydrogen (secondary N) is 1. The van der Waals surface area contributed by atoms with Crippen LogP contribution in [-0.4, -0.2) is 5.91 Å². The van der Waals surface area contributed by atoms with Crippen LogP contribution in [0.15, 0.2) is 51.8 Å². The molecule has 0 fully saturated rings. The SMILES string of the molecule is Cc1ccc(SCc2ccc(C(=O)NN)cc2Br)cc1. The van der Waals surface area contributed by atoms with E-state index < -0.39 is 0 Å². The predicted molar refractivity (Wildman–Crippen MR) is 86.5 cm³/mol. The second-order valence-electron chi connectivity index (χ2n) is 4.38. The first-order chi connectivity index (χ1) is 9.60. The zero-order valence-electron chi connectivity index (χ0n) is 11.0. The van der Waals surface area contributed by atoms with E-state index in [9.17, 15) is 4.79 Å². The van der Waals surface area contributed by atoms with Gasteiger partial charge < -0.3 is 0 Å². The molecule has 0 radical (unpaired) electrons. The van der Waals surface area contributed by atoms with E-state index in [1.165, 1.54) is 10.5 Å². The molecule has 0 saturated heterocycles. The third kappa shape index (κ3) is 3.85. The number of nitrogen functional groups attached to an aromatic ring is 1. The van der Waals surface area contributed by atoms with Gasteiger partial charge in [0.2, 0.25) is 0 Å². The fourth-order valence-electron chi connectivity index (χ4n) is 1.68. The van der Waals surface area contributed by atoms with Gasteiger partial charge in [0.05, 0.1) is 0 Å². The van der Waals surface area contributed by atoms with Crippen molar-refractivity contribution in [2.45, 2.75) is 17.6 Å². The monoisotopic (exact) mass is 350 g/mol. The van der Waals surface area contributed by atoms with E-state index in [4.69, 9.17) is 5.84 Å². The highest BCUT2D eigenvalue weighted by atomic mass is 79.9. The Labute approximate surface area is 131 Å². The minimum Gasteiger partial charge on any atom is -0.290 e.